The third-order valence-electron chi connectivity index (χ3n) is 5.94. The molecule has 1 aromatic heterocycles. The number of hydrogen-bond donors (Lipinski definition) is 2. The molecule has 0 saturated heterocycles. The minimum atomic E-state index is -0.0432. The molecule has 1 amide bonds. The first-order valence-corrected chi connectivity index (χ1v) is 11.3. The van der Waals surface area contributed by atoms with Crippen LogP contribution >= 0.6 is 0 Å². The normalized spacial score (nSPS) is 12.9. The number of amides is 1. The van der Waals surface area contributed by atoms with Gasteiger partial charge in [-0.1, -0.05) is 67.6 Å². The number of ether oxygens (including phenoxy) is 1. The van der Waals surface area contributed by atoms with Gasteiger partial charge < -0.3 is 15.0 Å². The Kier molecular flexibility index (Phi) is 6.90. The first kappa shape index (κ1) is 21.7. The van der Waals surface area contributed by atoms with Gasteiger partial charge in [0.25, 0.3) is 0 Å². The third-order valence-corrected chi connectivity index (χ3v) is 5.94. The van der Waals surface area contributed by atoms with Crippen molar-refractivity contribution in [3.8, 4) is 5.75 Å². The fourth-order valence-corrected chi connectivity index (χ4v) is 3.95. The Bertz CT molecular complexity index is 1150. The second-order valence-electron chi connectivity index (χ2n) is 8.27. The van der Waals surface area contributed by atoms with Gasteiger partial charge >= 0.3 is 0 Å². The first-order chi connectivity index (χ1) is 15.6. The minimum Gasteiger partial charge on any atom is -0.489 e. The average Bonchev–Trinajstić information content (AvgIpc) is 3.26. The topological polar surface area (TPSA) is 54.1 Å². The Morgan fingerprint density at radius 2 is 1.69 bits per heavy atom. The van der Waals surface area contributed by atoms with E-state index in [0.717, 1.165) is 39.8 Å². The lowest BCUT2D eigenvalue weighted by Gasteiger charge is -2.19. The number of rotatable bonds is 9. The maximum atomic E-state index is 12.8. The number of fused-ring (bicyclic) bond motifs is 1. The number of hydrogen-bond acceptors (Lipinski definition) is 2. The number of para-hydroxylation sites is 1. The zero-order chi connectivity index (χ0) is 22.3. The molecule has 0 aliphatic heterocycles. The van der Waals surface area contributed by atoms with E-state index in [1.807, 2.05) is 55.6 Å². The van der Waals surface area contributed by atoms with Crippen LogP contribution in [0.15, 0.2) is 85.1 Å². The summed E-state index contributed by atoms with van der Waals surface area (Å²) in [5, 5.41) is 4.27. The molecule has 2 unspecified atom stereocenters. The van der Waals surface area contributed by atoms with Crippen LogP contribution in [0.3, 0.4) is 0 Å². The van der Waals surface area contributed by atoms with Crippen molar-refractivity contribution in [3.63, 3.8) is 0 Å². The van der Waals surface area contributed by atoms with Crippen molar-refractivity contribution in [2.24, 2.45) is 0 Å². The number of nitrogens with one attached hydrogen (secondary N) is 2. The molecule has 1 heterocycles. The summed E-state index contributed by atoms with van der Waals surface area (Å²) >= 11 is 0. The summed E-state index contributed by atoms with van der Waals surface area (Å²) in [5.41, 5.74) is 4.45. The minimum absolute atomic E-state index is 0.0432. The van der Waals surface area contributed by atoms with E-state index in [4.69, 9.17) is 4.74 Å². The molecule has 164 valence electrons. The molecule has 3 aromatic carbocycles. The fraction of sp³-hybridized carbons (Fsp3) is 0.250. The Labute approximate surface area is 189 Å². The molecule has 0 fully saturated rings. The summed E-state index contributed by atoms with van der Waals surface area (Å²) < 4.78 is 5.95. The van der Waals surface area contributed by atoms with Crippen LogP contribution in [0, 0.1) is 0 Å². The number of benzene rings is 3. The summed E-state index contributed by atoms with van der Waals surface area (Å²) in [6.07, 6.45) is 3.35. The summed E-state index contributed by atoms with van der Waals surface area (Å²) in [4.78, 5) is 16.2. The number of carbonyl (C=O) groups excluding carboxylic acids is 1. The van der Waals surface area contributed by atoms with E-state index in [1.54, 1.807) is 0 Å². The van der Waals surface area contributed by atoms with E-state index in [1.165, 1.54) is 0 Å². The van der Waals surface area contributed by atoms with Crippen molar-refractivity contribution in [1.29, 1.82) is 0 Å². The molecular weight excluding hydrogens is 396 g/mol. The number of aromatic amines is 1. The standard InChI is InChI=1S/C28H30N2O2/c1-3-20(2)30-28(31)17-25(26-18-29-27-12-8-7-11-24(26)27)22-13-15-23(16-14-22)32-19-21-9-5-4-6-10-21/h4-16,18,20,25,29H,3,17,19H2,1-2H3,(H,30,31). The van der Waals surface area contributed by atoms with Crippen molar-refractivity contribution >= 4 is 16.8 Å². The lowest BCUT2D eigenvalue weighted by molar-refractivity contribution is -0.121. The second kappa shape index (κ2) is 10.2. The van der Waals surface area contributed by atoms with Crippen LogP contribution in [-0.2, 0) is 11.4 Å². The lowest BCUT2D eigenvalue weighted by atomic mass is 9.88. The van der Waals surface area contributed by atoms with Crippen LogP contribution in [0.5, 0.6) is 5.75 Å². The molecule has 0 aliphatic rings. The molecular formula is C28H30N2O2. The molecule has 2 N–H and O–H groups in total. The molecule has 0 aliphatic carbocycles. The largest absolute Gasteiger partial charge is 0.489 e. The van der Waals surface area contributed by atoms with Crippen LogP contribution in [0.25, 0.3) is 10.9 Å². The van der Waals surface area contributed by atoms with Crippen molar-refractivity contribution in [3.05, 3.63) is 102 Å². The number of carbonyl (C=O) groups is 1. The van der Waals surface area contributed by atoms with Crippen LogP contribution in [-0.4, -0.2) is 16.9 Å². The number of H-pyrrole nitrogens is 1. The molecule has 4 nitrogen and oxygen atoms in total. The van der Waals surface area contributed by atoms with Gasteiger partial charge in [-0.05, 0) is 48.2 Å². The van der Waals surface area contributed by atoms with Crippen molar-refractivity contribution in [1.82, 2.24) is 10.3 Å². The molecule has 4 rings (SSSR count). The van der Waals surface area contributed by atoms with Crippen LogP contribution in [0.1, 0.15) is 49.3 Å². The molecule has 4 heteroatoms. The average molecular weight is 427 g/mol. The molecule has 0 radical (unpaired) electrons. The summed E-state index contributed by atoms with van der Waals surface area (Å²) in [6, 6.07) is 26.7. The van der Waals surface area contributed by atoms with Gasteiger partial charge in [0.05, 0.1) is 0 Å². The first-order valence-electron chi connectivity index (χ1n) is 11.3. The smallest absolute Gasteiger partial charge is 0.221 e. The number of aromatic nitrogens is 1. The zero-order valence-corrected chi connectivity index (χ0v) is 18.7. The van der Waals surface area contributed by atoms with Gasteiger partial charge in [-0.2, -0.15) is 0 Å². The van der Waals surface area contributed by atoms with E-state index in [-0.39, 0.29) is 17.9 Å². The highest BCUT2D eigenvalue weighted by Crippen LogP contribution is 2.34. The van der Waals surface area contributed by atoms with E-state index >= 15 is 0 Å². The SMILES string of the molecule is CCC(C)NC(=O)CC(c1ccc(OCc2ccccc2)cc1)c1c[nH]c2ccccc12. The molecule has 32 heavy (non-hydrogen) atoms. The molecule has 4 aromatic rings. The Morgan fingerprint density at radius 1 is 0.969 bits per heavy atom. The molecule has 2 atom stereocenters. The van der Waals surface area contributed by atoms with Crippen molar-refractivity contribution in [2.45, 2.75) is 45.3 Å². The molecule has 0 spiro atoms. The molecule has 0 saturated carbocycles. The van der Waals surface area contributed by atoms with Crippen LogP contribution < -0.4 is 10.1 Å². The fourth-order valence-electron chi connectivity index (χ4n) is 3.95. The Hall–Kier alpha value is -3.53. The third kappa shape index (κ3) is 5.20. The van der Waals surface area contributed by atoms with E-state index < -0.39 is 0 Å². The summed E-state index contributed by atoms with van der Waals surface area (Å²) in [6.45, 7) is 4.65. The lowest BCUT2D eigenvalue weighted by Crippen LogP contribution is -2.33. The van der Waals surface area contributed by atoms with Gasteiger partial charge in [-0.3, -0.25) is 4.79 Å². The maximum absolute atomic E-state index is 12.8. The Morgan fingerprint density at radius 3 is 2.44 bits per heavy atom. The maximum Gasteiger partial charge on any atom is 0.221 e. The quantitative estimate of drug-likeness (QED) is 0.336. The summed E-state index contributed by atoms with van der Waals surface area (Å²) in [5.74, 6) is 0.844. The Balaban J connectivity index is 1.57. The zero-order valence-electron chi connectivity index (χ0n) is 18.7. The van der Waals surface area contributed by atoms with Crippen molar-refractivity contribution < 1.29 is 9.53 Å². The van der Waals surface area contributed by atoms with E-state index in [2.05, 4.69) is 53.6 Å². The van der Waals surface area contributed by atoms with Gasteiger partial charge in [0.15, 0.2) is 0 Å². The highest BCUT2D eigenvalue weighted by molar-refractivity contribution is 5.86. The van der Waals surface area contributed by atoms with Crippen LogP contribution in [0.2, 0.25) is 0 Å². The van der Waals surface area contributed by atoms with Gasteiger partial charge in [0.2, 0.25) is 5.91 Å². The predicted molar refractivity (Wildman–Crippen MR) is 130 cm³/mol. The highest BCUT2D eigenvalue weighted by atomic mass is 16.5. The van der Waals surface area contributed by atoms with E-state index in [9.17, 15) is 4.79 Å². The highest BCUT2D eigenvalue weighted by Gasteiger charge is 2.22. The van der Waals surface area contributed by atoms with Crippen LogP contribution in [0.4, 0.5) is 0 Å². The summed E-state index contributed by atoms with van der Waals surface area (Å²) in [7, 11) is 0. The van der Waals surface area contributed by atoms with Gasteiger partial charge in [-0.25, -0.2) is 0 Å². The van der Waals surface area contributed by atoms with Crippen molar-refractivity contribution in [2.75, 3.05) is 0 Å². The van der Waals surface area contributed by atoms with Gasteiger partial charge in [0.1, 0.15) is 12.4 Å². The van der Waals surface area contributed by atoms with E-state index in [0.29, 0.717) is 13.0 Å². The van der Waals surface area contributed by atoms with Gasteiger partial charge in [-0.15, -0.1) is 0 Å². The van der Waals surface area contributed by atoms with Gasteiger partial charge in [0, 0.05) is 35.5 Å². The molecule has 0 bridgehead atoms. The monoisotopic (exact) mass is 426 g/mol. The second-order valence-corrected chi connectivity index (χ2v) is 8.27. The predicted octanol–water partition coefficient (Wildman–Crippen LogP) is 6.18.